The molecule has 0 bridgehead atoms. The average Bonchev–Trinajstić information content (AvgIpc) is 2.80. The molecule has 0 saturated carbocycles. The van der Waals surface area contributed by atoms with E-state index in [0.29, 0.717) is 44.4 Å². The van der Waals surface area contributed by atoms with E-state index in [0.717, 1.165) is 14.7 Å². The van der Waals surface area contributed by atoms with Crippen LogP contribution in [0.5, 0.6) is 11.5 Å². The Labute approximate surface area is 226 Å². The fraction of sp³-hybridized carbons (Fsp3) is 0.120. The van der Waals surface area contributed by atoms with Crippen LogP contribution in [0, 0.1) is 14.9 Å². The lowest BCUT2D eigenvalue weighted by Gasteiger charge is -2.15. The number of halogens is 4. The normalized spacial score (nSPS) is 11.0. The maximum atomic E-state index is 12.4. The van der Waals surface area contributed by atoms with Crippen LogP contribution < -0.4 is 14.8 Å². The summed E-state index contributed by atoms with van der Waals surface area (Å²) in [6, 6.07) is 17.7. The fourth-order valence-electron chi connectivity index (χ4n) is 2.96. The first-order valence-corrected chi connectivity index (χ1v) is 12.2. The number of rotatable bonds is 8. The van der Waals surface area contributed by atoms with Crippen LogP contribution in [0.3, 0.4) is 0 Å². The Hall–Kier alpha value is -2.44. The zero-order valence-electron chi connectivity index (χ0n) is 17.9. The van der Waals surface area contributed by atoms with Gasteiger partial charge in [-0.1, -0.05) is 46.9 Å². The van der Waals surface area contributed by atoms with Crippen molar-refractivity contribution < 1.29 is 14.3 Å². The van der Waals surface area contributed by atoms with E-state index in [2.05, 4.69) is 34.0 Å². The Morgan fingerprint density at radius 1 is 1.06 bits per heavy atom. The maximum Gasteiger partial charge on any atom is 0.262 e. The van der Waals surface area contributed by atoms with Crippen LogP contribution in [-0.2, 0) is 4.79 Å². The Morgan fingerprint density at radius 3 is 2.44 bits per heavy atom. The van der Waals surface area contributed by atoms with Crippen molar-refractivity contribution in [2.24, 2.45) is 0 Å². The van der Waals surface area contributed by atoms with E-state index >= 15 is 0 Å². The largest absolute Gasteiger partial charge is 0.490 e. The molecule has 0 saturated heterocycles. The maximum absolute atomic E-state index is 12.4. The van der Waals surface area contributed by atoms with Gasteiger partial charge in [0.25, 0.3) is 5.91 Å². The van der Waals surface area contributed by atoms with E-state index in [1.54, 1.807) is 54.6 Å². The Bertz CT molecular complexity index is 1270. The topological polar surface area (TPSA) is 71.3 Å². The molecule has 0 aliphatic carbocycles. The third kappa shape index (κ3) is 7.03. The molecule has 3 aromatic rings. The minimum Gasteiger partial charge on any atom is -0.490 e. The number of nitriles is 1. The molecule has 3 aromatic carbocycles. The summed E-state index contributed by atoms with van der Waals surface area (Å²) in [5.74, 6) is 0.542. The van der Waals surface area contributed by atoms with Gasteiger partial charge in [0.2, 0.25) is 0 Å². The first-order chi connectivity index (χ1) is 16.3. The molecule has 5 nitrogen and oxygen atoms in total. The summed E-state index contributed by atoms with van der Waals surface area (Å²) in [5, 5.41) is 13.7. The lowest BCUT2D eigenvalue weighted by Crippen LogP contribution is -2.20. The molecular weight excluding hydrogens is 610 g/mol. The van der Waals surface area contributed by atoms with E-state index < -0.39 is 0 Å². The molecule has 0 aromatic heterocycles. The quantitative estimate of drug-likeness (QED) is 0.158. The highest BCUT2D eigenvalue weighted by Crippen LogP contribution is 2.35. The highest BCUT2D eigenvalue weighted by Gasteiger charge is 2.15. The van der Waals surface area contributed by atoms with Gasteiger partial charge >= 0.3 is 0 Å². The molecule has 0 heterocycles. The van der Waals surface area contributed by atoms with Gasteiger partial charge in [-0.3, -0.25) is 4.79 Å². The molecular formula is C25H18Cl3IN2O3. The zero-order valence-corrected chi connectivity index (χ0v) is 22.3. The number of nitrogens with zero attached hydrogens (tertiary/aromatic N) is 1. The second-order valence-corrected chi connectivity index (χ2v) is 9.32. The highest BCUT2D eigenvalue weighted by molar-refractivity contribution is 14.1. The van der Waals surface area contributed by atoms with Gasteiger partial charge < -0.3 is 14.8 Å². The number of nitrogens with one attached hydrogen (secondary N) is 1. The fourth-order valence-corrected chi connectivity index (χ4v) is 4.16. The summed E-state index contributed by atoms with van der Waals surface area (Å²) in [7, 11) is 0. The van der Waals surface area contributed by atoms with Crippen LogP contribution in [0.25, 0.3) is 11.6 Å². The van der Waals surface area contributed by atoms with Gasteiger partial charge in [0.15, 0.2) is 18.1 Å². The number of anilines is 1. The van der Waals surface area contributed by atoms with Gasteiger partial charge in [-0.05, 0) is 89.2 Å². The number of allylic oxidation sites excluding steroid dienone is 1. The second-order valence-electron chi connectivity index (χ2n) is 6.91. The molecule has 174 valence electrons. The summed E-state index contributed by atoms with van der Waals surface area (Å²) in [5.41, 5.74) is 2.49. The Morgan fingerprint density at radius 2 is 1.79 bits per heavy atom. The van der Waals surface area contributed by atoms with Crippen LogP contribution >= 0.6 is 57.4 Å². The number of ether oxygens (including phenoxy) is 2. The first kappa shape index (κ1) is 26.2. The molecule has 0 radical (unpaired) electrons. The summed E-state index contributed by atoms with van der Waals surface area (Å²) >= 11 is 20.0. The van der Waals surface area contributed by atoms with E-state index in [1.165, 1.54) is 0 Å². The molecule has 0 unspecified atom stereocenters. The predicted octanol–water partition coefficient (Wildman–Crippen LogP) is 7.73. The van der Waals surface area contributed by atoms with E-state index in [4.69, 9.17) is 44.3 Å². The van der Waals surface area contributed by atoms with Gasteiger partial charge in [-0.2, -0.15) is 5.26 Å². The SMILES string of the molecule is CCOc1cc(/C=C(\C#N)c2ccc(Cl)cc2)cc(I)c1OCC(=O)Nc1ccc(Cl)c(Cl)c1. The number of hydrogen-bond acceptors (Lipinski definition) is 4. The Kier molecular flexibility index (Phi) is 9.48. The third-order valence-electron chi connectivity index (χ3n) is 4.47. The molecule has 0 spiro atoms. The molecule has 0 fully saturated rings. The van der Waals surface area contributed by atoms with Crippen molar-refractivity contribution in [2.45, 2.75) is 6.92 Å². The number of carbonyl (C=O) groups is 1. The number of carbonyl (C=O) groups excluding carboxylic acids is 1. The molecule has 0 aliphatic heterocycles. The van der Waals surface area contributed by atoms with Crippen LogP contribution in [-0.4, -0.2) is 19.1 Å². The van der Waals surface area contributed by atoms with Gasteiger partial charge in [0.1, 0.15) is 0 Å². The van der Waals surface area contributed by atoms with Crippen molar-refractivity contribution in [3.63, 3.8) is 0 Å². The second kappa shape index (κ2) is 12.3. The summed E-state index contributed by atoms with van der Waals surface area (Å²) in [6.07, 6.45) is 1.76. The van der Waals surface area contributed by atoms with E-state index in [9.17, 15) is 10.1 Å². The van der Waals surface area contributed by atoms with Crippen LogP contribution in [0.15, 0.2) is 54.6 Å². The smallest absolute Gasteiger partial charge is 0.262 e. The van der Waals surface area contributed by atoms with Gasteiger partial charge in [0.05, 0.1) is 31.9 Å². The average molecular weight is 628 g/mol. The van der Waals surface area contributed by atoms with Gasteiger partial charge in [0, 0.05) is 10.7 Å². The monoisotopic (exact) mass is 626 g/mol. The minimum atomic E-state index is -0.366. The number of amides is 1. The molecule has 3 rings (SSSR count). The molecule has 1 amide bonds. The zero-order chi connectivity index (χ0) is 24.7. The highest BCUT2D eigenvalue weighted by atomic mass is 127. The lowest BCUT2D eigenvalue weighted by molar-refractivity contribution is -0.118. The van der Waals surface area contributed by atoms with Crippen molar-refractivity contribution in [1.82, 2.24) is 0 Å². The van der Waals surface area contributed by atoms with Crippen molar-refractivity contribution in [2.75, 3.05) is 18.5 Å². The molecule has 1 N–H and O–H groups in total. The standard InChI is InChI=1S/C25H18Cl3IN2O3/c1-2-33-23-11-15(9-17(13-30)16-3-5-18(26)6-4-16)10-22(29)25(23)34-14-24(32)31-19-7-8-20(27)21(28)12-19/h3-12H,2,14H2,1H3,(H,31,32)/b17-9+. The summed E-state index contributed by atoms with van der Waals surface area (Å²) in [6.45, 7) is 2.02. The number of benzene rings is 3. The van der Waals surface area contributed by atoms with Gasteiger partial charge in [-0.25, -0.2) is 0 Å². The first-order valence-electron chi connectivity index (χ1n) is 10.0. The lowest BCUT2D eigenvalue weighted by atomic mass is 10.0. The molecule has 0 atom stereocenters. The Balaban J connectivity index is 1.80. The van der Waals surface area contributed by atoms with Crippen molar-refractivity contribution >= 4 is 80.6 Å². The molecule has 9 heteroatoms. The minimum absolute atomic E-state index is 0.236. The van der Waals surface area contributed by atoms with Crippen molar-refractivity contribution in [3.05, 3.63) is 84.4 Å². The third-order valence-corrected chi connectivity index (χ3v) is 6.26. The summed E-state index contributed by atoms with van der Waals surface area (Å²) in [4.78, 5) is 12.4. The van der Waals surface area contributed by atoms with Crippen LogP contribution in [0.1, 0.15) is 18.1 Å². The van der Waals surface area contributed by atoms with Crippen LogP contribution in [0.2, 0.25) is 15.1 Å². The van der Waals surface area contributed by atoms with Crippen molar-refractivity contribution in [1.29, 1.82) is 5.26 Å². The van der Waals surface area contributed by atoms with E-state index in [1.807, 2.05) is 13.0 Å². The van der Waals surface area contributed by atoms with Crippen molar-refractivity contribution in [3.8, 4) is 17.6 Å². The van der Waals surface area contributed by atoms with Crippen LogP contribution in [0.4, 0.5) is 5.69 Å². The van der Waals surface area contributed by atoms with Gasteiger partial charge in [-0.15, -0.1) is 0 Å². The predicted molar refractivity (Wildman–Crippen MR) is 146 cm³/mol. The molecule has 0 aliphatic rings. The summed E-state index contributed by atoms with van der Waals surface area (Å²) < 4.78 is 12.3. The molecule has 34 heavy (non-hydrogen) atoms. The number of hydrogen-bond donors (Lipinski definition) is 1. The van der Waals surface area contributed by atoms with E-state index in [-0.39, 0.29) is 12.5 Å².